The summed E-state index contributed by atoms with van der Waals surface area (Å²) in [4.78, 5) is 27.0. The van der Waals surface area contributed by atoms with Crippen LogP contribution in [0.4, 0.5) is 0 Å². The summed E-state index contributed by atoms with van der Waals surface area (Å²) in [7, 11) is 0. The van der Waals surface area contributed by atoms with Crippen LogP contribution in [0.5, 0.6) is 0 Å². The normalized spacial score (nSPS) is 16.0. The molecule has 0 aromatic heterocycles. The van der Waals surface area contributed by atoms with Gasteiger partial charge in [0.1, 0.15) is 0 Å². The molecule has 0 saturated carbocycles. The third-order valence-corrected chi connectivity index (χ3v) is 3.55. The summed E-state index contributed by atoms with van der Waals surface area (Å²) in [5.74, 6) is -0.0430. The van der Waals surface area contributed by atoms with Gasteiger partial charge in [-0.1, -0.05) is 17.3 Å². The second-order valence-electron chi connectivity index (χ2n) is 4.86. The lowest BCUT2D eigenvalue weighted by Gasteiger charge is -2.34. The first kappa shape index (κ1) is 14.8. The first-order chi connectivity index (χ1) is 10.0. The lowest BCUT2D eigenvalue weighted by Crippen LogP contribution is -2.50. The van der Waals surface area contributed by atoms with Crippen LogP contribution in [0.2, 0.25) is 0 Å². The number of amides is 2. The van der Waals surface area contributed by atoms with Crippen LogP contribution in [0.25, 0.3) is 0 Å². The predicted molar refractivity (Wildman–Crippen MR) is 77.1 cm³/mol. The van der Waals surface area contributed by atoms with E-state index in [0.717, 1.165) is 0 Å². The standard InChI is InChI=1S/C14H18N4O3/c1-10(19)17-6-8-18(9-7-17)14(20)12-4-2-11(3-5-12)13(15)16-21/h2-5,21H,6-9H2,1H3,(H2,15,16). The number of piperazine rings is 1. The van der Waals surface area contributed by atoms with Crippen LogP contribution in [-0.2, 0) is 4.79 Å². The Bertz CT molecular complexity index is 560. The number of nitrogens with zero attached hydrogens (tertiary/aromatic N) is 3. The number of rotatable bonds is 2. The minimum atomic E-state index is -0.0794. The third kappa shape index (κ3) is 3.31. The molecule has 1 aliphatic heterocycles. The number of carbonyl (C=O) groups is 2. The monoisotopic (exact) mass is 290 g/mol. The molecule has 1 aromatic carbocycles. The number of benzene rings is 1. The van der Waals surface area contributed by atoms with Crippen molar-refractivity contribution in [3.8, 4) is 0 Å². The number of carbonyl (C=O) groups excluding carboxylic acids is 2. The molecule has 7 nitrogen and oxygen atoms in total. The van der Waals surface area contributed by atoms with Crippen molar-refractivity contribution in [1.29, 1.82) is 0 Å². The summed E-state index contributed by atoms with van der Waals surface area (Å²) < 4.78 is 0. The van der Waals surface area contributed by atoms with Gasteiger partial charge in [-0.25, -0.2) is 0 Å². The molecule has 112 valence electrons. The molecule has 1 heterocycles. The van der Waals surface area contributed by atoms with E-state index in [1.807, 2.05) is 0 Å². The third-order valence-electron chi connectivity index (χ3n) is 3.55. The molecular weight excluding hydrogens is 272 g/mol. The Morgan fingerprint density at radius 1 is 1.05 bits per heavy atom. The second kappa shape index (κ2) is 6.25. The molecule has 21 heavy (non-hydrogen) atoms. The molecule has 0 bridgehead atoms. The Kier molecular flexibility index (Phi) is 4.42. The minimum absolute atomic E-state index is 0.00377. The van der Waals surface area contributed by atoms with Crippen molar-refractivity contribution in [3.05, 3.63) is 35.4 Å². The van der Waals surface area contributed by atoms with Gasteiger partial charge in [0.2, 0.25) is 5.91 Å². The highest BCUT2D eigenvalue weighted by Gasteiger charge is 2.23. The quantitative estimate of drug-likeness (QED) is 0.349. The topological polar surface area (TPSA) is 99.2 Å². The molecule has 1 saturated heterocycles. The van der Waals surface area contributed by atoms with E-state index >= 15 is 0 Å². The van der Waals surface area contributed by atoms with Crippen LogP contribution < -0.4 is 5.73 Å². The largest absolute Gasteiger partial charge is 0.409 e. The van der Waals surface area contributed by atoms with E-state index in [2.05, 4.69) is 5.16 Å². The minimum Gasteiger partial charge on any atom is -0.409 e. The fourth-order valence-corrected chi connectivity index (χ4v) is 2.25. The summed E-state index contributed by atoms with van der Waals surface area (Å²) >= 11 is 0. The van der Waals surface area contributed by atoms with Crippen LogP contribution in [0, 0.1) is 0 Å². The van der Waals surface area contributed by atoms with Gasteiger partial charge in [-0.2, -0.15) is 0 Å². The highest BCUT2D eigenvalue weighted by atomic mass is 16.4. The van der Waals surface area contributed by atoms with Gasteiger partial charge in [-0.3, -0.25) is 9.59 Å². The SMILES string of the molecule is CC(=O)N1CCN(C(=O)c2ccc(/C(N)=N/O)cc2)CC1. The zero-order valence-electron chi connectivity index (χ0n) is 11.8. The molecule has 7 heteroatoms. The molecule has 0 spiro atoms. The van der Waals surface area contributed by atoms with Crippen LogP contribution in [0.15, 0.2) is 29.4 Å². The first-order valence-corrected chi connectivity index (χ1v) is 6.65. The molecule has 3 N–H and O–H groups in total. The van der Waals surface area contributed by atoms with E-state index < -0.39 is 0 Å². The van der Waals surface area contributed by atoms with Crippen molar-refractivity contribution < 1.29 is 14.8 Å². The predicted octanol–water partition coefficient (Wildman–Crippen LogP) is 0.0854. The zero-order chi connectivity index (χ0) is 15.4. The number of hydrogen-bond acceptors (Lipinski definition) is 4. The lowest BCUT2D eigenvalue weighted by molar-refractivity contribution is -0.130. The maximum Gasteiger partial charge on any atom is 0.253 e. The van der Waals surface area contributed by atoms with Crippen molar-refractivity contribution in [2.75, 3.05) is 26.2 Å². The van der Waals surface area contributed by atoms with Crippen molar-refractivity contribution in [3.63, 3.8) is 0 Å². The van der Waals surface area contributed by atoms with E-state index in [1.165, 1.54) is 6.92 Å². The highest BCUT2D eigenvalue weighted by molar-refractivity contribution is 5.99. The van der Waals surface area contributed by atoms with Gasteiger partial charge < -0.3 is 20.7 Å². The highest BCUT2D eigenvalue weighted by Crippen LogP contribution is 2.10. The molecule has 1 aliphatic rings. The summed E-state index contributed by atoms with van der Waals surface area (Å²) in [5, 5.41) is 11.5. The van der Waals surface area contributed by atoms with E-state index in [-0.39, 0.29) is 17.6 Å². The van der Waals surface area contributed by atoms with E-state index in [1.54, 1.807) is 34.1 Å². The number of nitrogens with two attached hydrogens (primary N) is 1. The fraction of sp³-hybridized carbons (Fsp3) is 0.357. The van der Waals surface area contributed by atoms with Gasteiger partial charge in [0.25, 0.3) is 5.91 Å². The number of oxime groups is 1. The Morgan fingerprint density at radius 3 is 2.00 bits per heavy atom. The maximum atomic E-state index is 12.3. The Morgan fingerprint density at radius 2 is 1.52 bits per heavy atom. The summed E-state index contributed by atoms with van der Waals surface area (Å²) in [6.45, 7) is 3.71. The average molecular weight is 290 g/mol. The van der Waals surface area contributed by atoms with Crippen LogP contribution in [0.1, 0.15) is 22.8 Å². The van der Waals surface area contributed by atoms with E-state index in [4.69, 9.17) is 10.9 Å². The number of hydrogen-bond donors (Lipinski definition) is 2. The molecule has 1 fully saturated rings. The lowest BCUT2D eigenvalue weighted by atomic mass is 10.1. The number of amidine groups is 1. The van der Waals surface area contributed by atoms with Gasteiger partial charge in [-0.05, 0) is 12.1 Å². The zero-order valence-corrected chi connectivity index (χ0v) is 11.8. The van der Waals surface area contributed by atoms with Crippen LogP contribution in [0.3, 0.4) is 0 Å². The molecule has 0 radical (unpaired) electrons. The maximum absolute atomic E-state index is 12.3. The van der Waals surface area contributed by atoms with Crippen molar-refractivity contribution >= 4 is 17.6 Å². The molecule has 0 atom stereocenters. The Balaban J connectivity index is 2.02. The molecular formula is C14H18N4O3. The molecule has 0 unspecified atom stereocenters. The molecule has 0 aliphatic carbocycles. The summed E-state index contributed by atoms with van der Waals surface area (Å²) in [6, 6.07) is 6.56. The van der Waals surface area contributed by atoms with Crippen molar-refractivity contribution in [2.45, 2.75) is 6.92 Å². The van der Waals surface area contributed by atoms with Crippen molar-refractivity contribution in [2.24, 2.45) is 10.9 Å². The van der Waals surface area contributed by atoms with Gasteiger partial charge in [0, 0.05) is 44.2 Å². The van der Waals surface area contributed by atoms with Crippen LogP contribution >= 0.6 is 0 Å². The Labute approximate surface area is 122 Å². The smallest absolute Gasteiger partial charge is 0.253 e. The van der Waals surface area contributed by atoms with Gasteiger partial charge in [-0.15, -0.1) is 0 Å². The fourth-order valence-electron chi connectivity index (χ4n) is 2.25. The molecule has 1 aromatic rings. The van der Waals surface area contributed by atoms with E-state index in [0.29, 0.717) is 37.3 Å². The summed E-state index contributed by atoms with van der Waals surface area (Å²) in [6.07, 6.45) is 0. The Hall–Kier alpha value is -2.57. The average Bonchev–Trinajstić information content (AvgIpc) is 2.53. The van der Waals surface area contributed by atoms with Gasteiger partial charge in [0.15, 0.2) is 5.84 Å². The van der Waals surface area contributed by atoms with Crippen LogP contribution in [-0.4, -0.2) is 58.8 Å². The van der Waals surface area contributed by atoms with Crippen molar-refractivity contribution in [1.82, 2.24) is 9.80 Å². The summed E-state index contributed by atoms with van der Waals surface area (Å²) in [5.41, 5.74) is 6.57. The molecule has 2 amide bonds. The molecule has 2 rings (SSSR count). The van der Waals surface area contributed by atoms with Gasteiger partial charge >= 0.3 is 0 Å². The van der Waals surface area contributed by atoms with E-state index in [9.17, 15) is 9.59 Å². The van der Waals surface area contributed by atoms with Gasteiger partial charge in [0.05, 0.1) is 0 Å². The first-order valence-electron chi connectivity index (χ1n) is 6.65. The second-order valence-corrected chi connectivity index (χ2v) is 4.86.